The maximum Gasteiger partial charge on any atom is 0.115 e. The van der Waals surface area contributed by atoms with Crippen molar-refractivity contribution < 1.29 is 5.11 Å². The van der Waals surface area contributed by atoms with Crippen molar-refractivity contribution in [3.8, 4) is 5.75 Å². The molecule has 3 heteroatoms. The minimum atomic E-state index is 0.215. The Morgan fingerprint density at radius 2 is 1.90 bits per heavy atom. The van der Waals surface area contributed by atoms with Crippen molar-refractivity contribution in [2.45, 2.75) is 57.7 Å². The van der Waals surface area contributed by atoms with E-state index in [0.717, 1.165) is 32.0 Å². The molecule has 2 fully saturated rings. The molecule has 116 valence electrons. The predicted molar refractivity (Wildman–Crippen MR) is 86.3 cm³/mol. The number of hydrogen-bond donors (Lipinski definition) is 2. The van der Waals surface area contributed by atoms with Crippen LogP contribution < -0.4 is 5.32 Å². The SMILES string of the molecule is CCC1(C)CNC(C)(C2CC2)CN1Cc1ccc(O)cc1. The van der Waals surface area contributed by atoms with Gasteiger partial charge in [-0.1, -0.05) is 19.1 Å². The molecule has 0 bridgehead atoms. The topological polar surface area (TPSA) is 35.5 Å². The van der Waals surface area contributed by atoms with Gasteiger partial charge < -0.3 is 10.4 Å². The lowest BCUT2D eigenvalue weighted by Gasteiger charge is -2.52. The van der Waals surface area contributed by atoms with E-state index in [4.69, 9.17) is 0 Å². The van der Waals surface area contributed by atoms with Crippen LogP contribution in [0, 0.1) is 5.92 Å². The van der Waals surface area contributed by atoms with Crippen LogP contribution >= 0.6 is 0 Å². The molecule has 2 unspecified atom stereocenters. The fourth-order valence-electron chi connectivity index (χ4n) is 3.56. The lowest BCUT2D eigenvalue weighted by Crippen LogP contribution is -2.68. The van der Waals surface area contributed by atoms with Gasteiger partial charge in [-0.3, -0.25) is 4.90 Å². The minimum Gasteiger partial charge on any atom is -0.508 e. The molecule has 3 nitrogen and oxygen atoms in total. The van der Waals surface area contributed by atoms with Crippen LogP contribution in [0.25, 0.3) is 0 Å². The third-order valence-electron chi connectivity index (χ3n) is 5.71. The third-order valence-corrected chi connectivity index (χ3v) is 5.71. The second kappa shape index (κ2) is 5.29. The first-order chi connectivity index (χ1) is 9.95. The zero-order chi connectivity index (χ0) is 15.1. The van der Waals surface area contributed by atoms with E-state index in [1.54, 1.807) is 12.1 Å². The first-order valence-corrected chi connectivity index (χ1v) is 8.23. The van der Waals surface area contributed by atoms with E-state index in [0.29, 0.717) is 5.75 Å². The highest BCUT2D eigenvalue weighted by atomic mass is 16.3. The number of benzene rings is 1. The molecule has 2 N–H and O–H groups in total. The van der Waals surface area contributed by atoms with Crippen LogP contribution in [0.4, 0.5) is 0 Å². The molecule has 3 rings (SSSR count). The summed E-state index contributed by atoms with van der Waals surface area (Å²) < 4.78 is 0. The van der Waals surface area contributed by atoms with Crippen molar-refractivity contribution in [3.05, 3.63) is 29.8 Å². The molecule has 21 heavy (non-hydrogen) atoms. The molecular formula is C18H28N2O. The molecule has 1 aliphatic heterocycles. The Balaban J connectivity index is 1.78. The number of hydrogen-bond acceptors (Lipinski definition) is 3. The summed E-state index contributed by atoms with van der Waals surface area (Å²) in [6.45, 7) is 10.2. The van der Waals surface area contributed by atoms with Gasteiger partial charge in [-0.25, -0.2) is 0 Å². The van der Waals surface area contributed by atoms with Gasteiger partial charge in [-0.05, 0) is 56.7 Å². The van der Waals surface area contributed by atoms with Crippen LogP contribution in [-0.2, 0) is 6.54 Å². The standard InChI is InChI=1S/C18H28N2O/c1-4-17(2)12-19-18(3,15-7-8-15)13-20(17)11-14-5-9-16(21)10-6-14/h5-6,9-10,15,19,21H,4,7-8,11-13H2,1-3H3. The largest absolute Gasteiger partial charge is 0.508 e. The molecule has 0 spiro atoms. The van der Waals surface area contributed by atoms with Crippen molar-refractivity contribution in [1.29, 1.82) is 0 Å². The second-order valence-corrected chi connectivity index (χ2v) is 7.42. The Hall–Kier alpha value is -1.06. The number of rotatable bonds is 4. The van der Waals surface area contributed by atoms with Gasteiger partial charge in [0.05, 0.1) is 0 Å². The Bertz CT molecular complexity index is 496. The van der Waals surface area contributed by atoms with Crippen molar-refractivity contribution in [3.63, 3.8) is 0 Å². The molecule has 1 aliphatic carbocycles. The third kappa shape index (κ3) is 2.95. The quantitative estimate of drug-likeness (QED) is 0.893. The molecule has 0 radical (unpaired) electrons. The minimum absolute atomic E-state index is 0.215. The molecule has 1 heterocycles. The van der Waals surface area contributed by atoms with Gasteiger partial charge in [0.2, 0.25) is 0 Å². The summed E-state index contributed by atoms with van der Waals surface area (Å²) in [4.78, 5) is 2.65. The molecule has 0 aromatic heterocycles. The zero-order valence-corrected chi connectivity index (χ0v) is 13.5. The highest BCUT2D eigenvalue weighted by Crippen LogP contribution is 2.43. The summed E-state index contributed by atoms with van der Waals surface area (Å²) in [5, 5.41) is 13.3. The smallest absolute Gasteiger partial charge is 0.115 e. The van der Waals surface area contributed by atoms with Gasteiger partial charge in [0, 0.05) is 30.7 Å². The monoisotopic (exact) mass is 288 g/mol. The van der Waals surface area contributed by atoms with Crippen molar-refractivity contribution in [1.82, 2.24) is 10.2 Å². The maximum atomic E-state index is 9.45. The summed E-state index contributed by atoms with van der Waals surface area (Å²) in [5.41, 5.74) is 1.77. The second-order valence-electron chi connectivity index (χ2n) is 7.42. The summed E-state index contributed by atoms with van der Waals surface area (Å²) in [5.74, 6) is 1.20. The average Bonchev–Trinajstić information content (AvgIpc) is 3.31. The van der Waals surface area contributed by atoms with Gasteiger partial charge in [-0.2, -0.15) is 0 Å². The lowest BCUT2D eigenvalue weighted by atomic mass is 9.84. The number of aromatic hydroxyl groups is 1. The van der Waals surface area contributed by atoms with Crippen LogP contribution in [0.1, 0.15) is 45.6 Å². The van der Waals surface area contributed by atoms with Gasteiger partial charge in [-0.15, -0.1) is 0 Å². The van der Waals surface area contributed by atoms with E-state index in [2.05, 4.69) is 31.0 Å². The number of piperazine rings is 1. The summed E-state index contributed by atoms with van der Waals surface area (Å²) in [6, 6.07) is 7.67. The fourth-order valence-corrected chi connectivity index (χ4v) is 3.56. The molecular weight excluding hydrogens is 260 g/mol. The van der Waals surface area contributed by atoms with Crippen LogP contribution in [0.5, 0.6) is 5.75 Å². The highest BCUT2D eigenvalue weighted by Gasteiger charge is 2.48. The first-order valence-electron chi connectivity index (χ1n) is 8.23. The van der Waals surface area contributed by atoms with Gasteiger partial charge in [0.25, 0.3) is 0 Å². The number of phenolic OH excluding ortho intramolecular Hbond substituents is 1. The van der Waals surface area contributed by atoms with E-state index in [1.807, 2.05) is 12.1 Å². The van der Waals surface area contributed by atoms with Gasteiger partial charge in [0.1, 0.15) is 5.75 Å². The summed E-state index contributed by atoms with van der Waals surface area (Å²) in [6.07, 6.45) is 3.90. The van der Waals surface area contributed by atoms with E-state index >= 15 is 0 Å². The average molecular weight is 288 g/mol. The van der Waals surface area contributed by atoms with Crippen molar-refractivity contribution in [2.24, 2.45) is 5.92 Å². The molecule has 1 aromatic rings. The Morgan fingerprint density at radius 1 is 1.24 bits per heavy atom. The number of phenols is 1. The molecule has 2 aliphatic rings. The van der Waals surface area contributed by atoms with E-state index in [-0.39, 0.29) is 11.1 Å². The van der Waals surface area contributed by atoms with Crippen LogP contribution in [0.3, 0.4) is 0 Å². The van der Waals surface area contributed by atoms with E-state index in [1.165, 1.54) is 18.4 Å². The Kier molecular flexibility index (Phi) is 3.74. The normalized spacial score (nSPS) is 34.0. The molecule has 1 saturated heterocycles. The zero-order valence-electron chi connectivity index (χ0n) is 13.5. The fraction of sp³-hybridized carbons (Fsp3) is 0.667. The number of nitrogens with zero attached hydrogens (tertiary/aromatic N) is 1. The Morgan fingerprint density at radius 3 is 2.48 bits per heavy atom. The summed E-state index contributed by atoms with van der Waals surface area (Å²) >= 11 is 0. The first kappa shape index (κ1) is 14.9. The summed E-state index contributed by atoms with van der Waals surface area (Å²) in [7, 11) is 0. The molecule has 0 amide bonds. The van der Waals surface area contributed by atoms with E-state index < -0.39 is 0 Å². The van der Waals surface area contributed by atoms with Crippen LogP contribution in [-0.4, -0.2) is 34.2 Å². The predicted octanol–water partition coefficient (Wildman–Crippen LogP) is 3.13. The van der Waals surface area contributed by atoms with E-state index in [9.17, 15) is 5.11 Å². The van der Waals surface area contributed by atoms with Gasteiger partial charge >= 0.3 is 0 Å². The van der Waals surface area contributed by atoms with Gasteiger partial charge in [0.15, 0.2) is 0 Å². The van der Waals surface area contributed by atoms with Crippen LogP contribution in [0.2, 0.25) is 0 Å². The maximum absolute atomic E-state index is 9.45. The lowest BCUT2D eigenvalue weighted by molar-refractivity contribution is 0.00424. The van der Waals surface area contributed by atoms with Crippen LogP contribution in [0.15, 0.2) is 24.3 Å². The Labute approximate surface area is 128 Å². The molecule has 1 aromatic carbocycles. The highest BCUT2D eigenvalue weighted by molar-refractivity contribution is 5.26. The molecule has 2 atom stereocenters. The van der Waals surface area contributed by atoms with Crippen molar-refractivity contribution in [2.75, 3.05) is 13.1 Å². The van der Waals surface area contributed by atoms with Crippen molar-refractivity contribution >= 4 is 0 Å². The molecule has 1 saturated carbocycles. The number of nitrogens with one attached hydrogen (secondary N) is 1.